The van der Waals surface area contributed by atoms with Crippen LogP contribution in [0.3, 0.4) is 0 Å². The van der Waals surface area contributed by atoms with Crippen LogP contribution in [-0.4, -0.2) is 70.8 Å². The smallest absolute Gasteiger partial charge is 0.270 e. The average Bonchev–Trinajstić information content (AvgIpc) is 3.42. The van der Waals surface area contributed by atoms with E-state index in [1.165, 1.54) is 0 Å². The molecule has 2 amide bonds. The molecule has 0 unspecified atom stereocenters. The Bertz CT molecular complexity index is 740. The second-order valence-electron chi connectivity index (χ2n) is 7.33. The Morgan fingerprint density at radius 3 is 2.37 bits per heavy atom. The first kappa shape index (κ1) is 17.9. The number of nitrogens with one attached hydrogen (secondary N) is 1. The number of amides is 2. The van der Waals surface area contributed by atoms with Crippen molar-refractivity contribution in [3.63, 3.8) is 0 Å². The molecule has 144 valence electrons. The summed E-state index contributed by atoms with van der Waals surface area (Å²) in [6.45, 7) is 5.09. The van der Waals surface area contributed by atoms with Gasteiger partial charge in [-0.05, 0) is 50.2 Å². The van der Waals surface area contributed by atoms with Crippen molar-refractivity contribution in [1.29, 1.82) is 0 Å². The van der Waals surface area contributed by atoms with Crippen LogP contribution in [0.25, 0.3) is 0 Å². The van der Waals surface area contributed by atoms with Crippen LogP contribution in [0.2, 0.25) is 0 Å². The molecule has 2 aromatic heterocycles. The zero-order valence-electron chi connectivity index (χ0n) is 15.5. The maximum Gasteiger partial charge on any atom is 0.270 e. The van der Waals surface area contributed by atoms with Crippen molar-refractivity contribution in [1.82, 2.24) is 19.7 Å². The van der Waals surface area contributed by atoms with Gasteiger partial charge in [0, 0.05) is 38.3 Å². The van der Waals surface area contributed by atoms with Crippen LogP contribution < -0.4 is 0 Å². The fourth-order valence-corrected chi connectivity index (χ4v) is 3.98. The maximum atomic E-state index is 12.9. The van der Waals surface area contributed by atoms with Crippen LogP contribution in [0.15, 0.2) is 41.1 Å². The normalized spacial score (nSPS) is 19.4. The van der Waals surface area contributed by atoms with Crippen LogP contribution in [-0.2, 0) is 11.3 Å². The first-order chi connectivity index (χ1) is 13.2. The number of carbonyl (C=O) groups excluding carboxylic acids is 2. The van der Waals surface area contributed by atoms with Gasteiger partial charge in [0.15, 0.2) is 0 Å². The van der Waals surface area contributed by atoms with Gasteiger partial charge < -0.3 is 19.2 Å². The molecular formula is C20H26N4O3. The number of likely N-dealkylation sites (tertiary alicyclic amines) is 1. The number of carbonyl (C=O) groups is 2. The van der Waals surface area contributed by atoms with Crippen molar-refractivity contribution in [2.75, 3.05) is 39.3 Å². The lowest BCUT2D eigenvalue weighted by molar-refractivity contribution is -0.138. The number of H-pyrrole nitrogens is 1. The van der Waals surface area contributed by atoms with Gasteiger partial charge >= 0.3 is 0 Å². The number of aromatic nitrogens is 1. The van der Waals surface area contributed by atoms with Crippen molar-refractivity contribution < 1.29 is 14.0 Å². The number of hydrogen-bond acceptors (Lipinski definition) is 4. The molecule has 0 radical (unpaired) electrons. The molecule has 0 bridgehead atoms. The molecule has 7 heteroatoms. The van der Waals surface area contributed by atoms with Gasteiger partial charge in [0.2, 0.25) is 5.91 Å². The molecule has 0 spiro atoms. The highest BCUT2D eigenvalue weighted by molar-refractivity contribution is 5.92. The van der Waals surface area contributed by atoms with Crippen molar-refractivity contribution in [2.45, 2.75) is 19.4 Å². The Morgan fingerprint density at radius 1 is 1.00 bits per heavy atom. The second-order valence-corrected chi connectivity index (χ2v) is 7.33. The fourth-order valence-electron chi connectivity index (χ4n) is 3.98. The van der Waals surface area contributed by atoms with Gasteiger partial charge in [-0.3, -0.25) is 14.5 Å². The van der Waals surface area contributed by atoms with Gasteiger partial charge in [0.25, 0.3) is 5.91 Å². The lowest BCUT2D eigenvalue weighted by Gasteiger charge is -2.38. The third-order valence-corrected chi connectivity index (χ3v) is 5.60. The summed E-state index contributed by atoms with van der Waals surface area (Å²) in [5.74, 6) is 1.34. The maximum absolute atomic E-state index is 12.9. The summed E-state index contributed by atoms with van der Waals surface area (Å²) in [6.07, 6.45) is 5.24. The average molecular weight is 370 g/mol. The molecule has 0 saturated carbocycles. The van der Waals surface area contributed by atoms with E-state index in [-0.39, 0.29) is 17.7 Å². The van der Waals surface area contributed by atoms with Crippen LogP contribution in [0.5, 0.6) is 0 Å². The first-order valence-electron chi connectivity index (χ1n) is 9.67. The van der Waals surface area contributed by atoms with Crippen LogP contribution >= 0.6 is 0 Å². The highest BCUT2D eigenvalue weighted by atomic mass is 16.3. The Morgan fingerprint density at radius 2 is 1.74 bits per heavy atom. The molecule has 2 aliphatic heterocycles. The summed E-state index contributed by atoms with van der Waals surface area (Å²) in [7, 11) is 0. The Labute approximate surface area is 158 Å². The highest BCUT2D eigenvalue weighted by Gasteiger charge is 2.31. The predicted octanol–water partition coefficient (Wildman–Crippen LogP) is 1.80. The molecular weight excluding hydrogens is 344 g/mol. The minimum Gasteiger partial charge on any atom is -0.468 e. The molecule has 7 nitrogen and oxygen atoms in total. The molecule has 0 aliphatic carbocycles. The summed E-state index contributed by atoms with van der Waals surface area (Å²) >= 11 is 0. The third-order valence-electron chi connectivity index (χ3n) is 5.60. The number of aromatic amines is 1. The molecule has 2 aliphatic rings. The van der Waals surface area contributed by atoms with Crippen molar-refractivity contribution >= 4 is 11.8 Å². The molecule has 1 N–H and O–H groups in total. The highest BCUT2D eigenvalue weighted by Crippen LogP contribution is 2.22. The number of hydrogen-bond donors (Lipinski definition) is 1. The van der Waals surface area contributed by atoms with E-state index >= 15 is 0 Å². The predicted molar refractivity (Wildman–Crippen MR) is 100.0 cm³/mol. The lowest BCUT2D eigenvalue weighted by atomic mass is 9.95. The van der Waals surface area contributed by atoms with Crippen LogP contribution in [0, 0.1) is 5.92 Å². The summed E-state index contributed by atoms with van der Waals surface area (Å²) in [5.41, 5.74) is 0.610. The molecule has 2 saturated heterocycles. The van der Waals surface area contributed by atoms with Gasteiger partial charge in [-0.2, -0.15) is 0 Å². The van der Waals surface area contributed by atoms with Gasteiger partial charge in [-0.25, -0.2) is 0 Å². The first-order valence-corrected chi connectivity index (χ1v) is 9.67. The van der Waals surface area contributed by atoms with E-state index in [1.54, 1.807) is 18.5 Å². The van der Waals surface area contributed by atoms with E-state index in [0.717, 1.165) is 38.2 Å². The third kappa shape index (κ3) is 4.08. The van der Waals surface area contributed by atoms with Crippen LogP contribution in [0.4, 0.5) is 0 Å². The van der Waals surface area contributed by atoms with E-state index in [0.29, 0.717) is 31.9 Å². The SMILES string of the molecule is O=C(c1ccc[nH]1)N1CCN(C(=O)C2CCN(Cc3ccco3)CC2)CC1. The number of piperidine rings is 1. The number of rotatable bonds is 4. The summed E-state index contributed by atoms with van der Waals surface area (Å²) in [6, 6.07) is 7.51. The summed E-state index contributed by atoms with van der Waals surface area (Å²) < 4.78 is 5.41. The molecule has 4 rings (SSSR count). The van der Waals surface area contributed by atoms with Crippen molar-refractivity contribution in [2.24, 2.45) is 5.92 Å². The van der Waals surface area contributed by atoms with E-state index < -0.39 is 0 Å². The van der Waals surface area contributed by atoms with E-state index in [1.807, 2.05) is 28.0 Å². The number of piperazine rings is 1. The Hall–Kier alpha value is -2.54. The minimum absolute atomic E-state index is 0.0123. The van der Waals surface area contributed by atoms with Gasteiger partial charge in [-0.1, -0.05) is 0 Å². The lowest BCUT2D eigenvalue weighted by Crippen LogP contribution is -2.53. The molecule has 27 heavy (non-hydrogen) atoms. The van der Waals surface area contributed by atoms with Crippen LogP contribution in [0.1, 0.15) is 29.1 Å². The summed E-state index contributed by atoms with van der Waals surface area (Å²) in [5, 5.41) is 0. The second kappa shape index (κ2) is 8.00. The standard InChI is InChI=1S/C20H26N4O3/c25-19(16-5-8-22(9-6-16)15-17-3-2-14-27-17)23-10-12-24(13-11-23)20(26)18-4-1-7-21-18/h1-4,7,14,16,21H,5-6,8-13,15H2. The minimum atomic E-state index is 0.0123. The van der Waals surface area contributed by atoms with Gasteiger partial charge in [0.05, 0.1) is 12.8 Å². The van der Waals surface area contributed by atoms with E-state index in [4.69, 9.17) is 4.42 Å². The number of furan rings is 1. The Kier molecular flexibility index (Phi) is 5.29. The zero-order chi connectivity index (χ0) is 18.6. The van der Waals surface area contributed by atoms with Gasteiger partial charge in [-0.15, -0.1) is 0 Å². The topological polar surface area (TPSA) is 72.8 Å². The zero-order valence-corrected chi connectivity index (χ0v) is 15.5. The molecule has 0 aromatic carbocycles. The molecule has 2 aromatic rings. The van der Waals surface area contributed by atoms with Crippen molar-refractivity contribution in [3.05, 3.63) is 48.2 Å². The summed E-state index contributed by atoms with van der Waals surface area (Å²) in [4.78, 5) is 34.3. The Balaban J connectivity index is 1.23. The quantitative estimate of drug-likeness (QED) is 0.891. The molecule has 4 heterocycles. The molecule has 0 atom stereocenters. The van der Waals surface area contributed by atoms with E-state index in [2.05, 4.69) is 9.88 Å². The molecule has 2 fully saturated rings. The van der Waals surface area contributed by atoms with Gasteiger partial charge in [0.1, 0.15) is 11.5 Å². The largest absolute Gasteiger partial charge is 0.468 e. The monoisotopic (exact) mass is 370 g/mol. The van der Waals surface area contributed by atoms with E-state index in [9.17, 15) is 9.59 Å². The fraction of sp³-hybridized carbons (Fsp3) is 0.500. The number of nitrogens with zero attached hydrogens (tertiary/aromatic N) is 3. The van der Waals surface area contributed by atoms with Crippen molar-refractivity contribution in [3.8, 4) is 0 Å².